The molecule has 2 aromatic rings. The lowest BCUT2D eigenvalue weighted by molar-refractivity contribution is -0.136. The van der Waals surface area contributed by atoms with Gasteiger partial charge in [0.05, 0.1) is 5.69 Å². The Morgan fingerprint density at radius 1 is 1.04 bits per heavy atom. The highest BCUT2D eigenvalue weighted by Crippen LogP contribution is 2.31. The molecule has 0 spiro atoms. The van der Waals surface area contributed by atoms with E-state index >= 15 is 0 Å². The zero-order valence-electron chi connectivity index (χ0n) is 16.1. The molecule has 1 aliphatic heterocycles. The molecule has 1 aliphatic carbocycles. The van der Waals surface area contributed by atoms with Gasteiger partial charge in [-0.1, -0.05) is 33.6 Å². The van der Waals surface area contributed by atoms with Crippen LogP contribution in [0.2, 0.25) is 0 Å². The molecule has 0 aromatic carbocycles. The van der Waals surface area contributed by atoms with Gasteiger partial charge in [0.1, 0.15) is 0 Å². The summed E-state index contributed by atoms with van der Waals surface area (Å²) >= 11 is 0. The van der Waals surface area contributed by atoms with Crippen molar-refractivity contribution in [3.05, 3.63) is 23.7 Å². The van der Waals surface area contributed by atoms with Gasteiger partial charge in [-0.15, -0.1) is 10.2 Å². The Labute approximate surface area is 155 Å². The average Bonchev–Trinajstić information content (AvgIpc) is 3.30. The second kappa shape index (κ2) is 6.63. The van der Waals surface area contributed by atoms with Gasteiger partial charge in [0.2, 0.25) is 5.91 Å². The van der Waals surface area contributed by atoms with E-state index < -0.39 is 0 Å². The molecule has 4 rings (SSSR count). The summed E-state index contributed by atoms with van der Waals surface area (Å²) in [6.07, 6.45) is 6.46. The quantitative estimate of drug-likeness (QED) is 0.829. The summed E-state index contributed by atoms with van der Waals surface area (Å²) in [5.41, 5.74) is 1.84. The number of nitrogens with zero attached hydrogens (tertiary/aromatic N) is 5. The molecule has 0 unspecified atom stereocenters. The largest absolute Gasteiger partial charge is 0.342 e. The lowest BCUT2D eigenvalue weighted by Crippen LogP contribution is -2.41. The van der Waals surface area contributed by atoms with Crippen molar-refractivity contribution < 1.29 is 4.79 Å². The number of likely N-dealkylation sites (tertiary alicyclic amines) is 1. The fraction of sp³-hybridized carbons (Fsp3) is 0.700. The highest BCUT2D eigenvalue weighted by atomic mass is 16.2. The minimum atomic E-state index is -0.00715. The smallest absolute Gasteiger partial charge is 0.225 e. The van der Waals surface area contributed by atoms with Crippen LogP contribution in [0.1, 0.15) is 76.7 Å². The number of piperidine rings is 1. The third kappa shape index (κ3) is 3.21. The Morgan fingerprint density at radius 3 is 2.38 bits per heavy atom. The molecule has 2 aliphatic rings. The highest BCUT2D eigenvalue weighted by molar-refractivity contribution is 5.79. The third-order valence-electron chi connectivity index (χ3n) is 5.93. The molecule has 0 atom stereocenters. The molecular formula is C20H29N5O. The molecule has 6 heteroatoms. The van der Waals surface area contributed by atoms with Gasteiger partial charge in [-0.25, -0.2) is 0 Å². The van der Waals surface area contributed by atoms with E-state index in [2.05, 4.69) is 35.9 Å². The topological polar surface area (TPSA) is 63.4 Å². The van der Waals surface area contributed by atoms with Gasteiger partial charge in [0, 0.05) is 30.3 Å². The lowest BCUT2D eigenvalue weighted by Gasteiger charge is -2.32. The summed E-state index contributed by atoms with van der Waals surface area (Å²) in [5.74, 6) is 1.91. The number of carbonyl (C=O) groups excluding carboxylic acids is 1. The first-order chi connectivity index (χ1) is 12.4. The lowest BCUT2D eigenvalue weighted by atomic mass is 9.92. The maximum Gasteiger partial charge on any atom is 0.225 e. The Hall–Kier alpha value is -1.98. The van der Waals surface area contributed by atoms with Crippen molar-refractivity contribution in [3.8, 4) is 0 Å². The summed E-state index contributed by atoms with van der Waals surface area (Å²) in [5, 5.41) is 13.6. The van der Waals surface area contributed by atoms with Crippen molar-refractivity contribution in [1.29, 1.82) is 0 Å². The van der Waals surface area contributed by atoms with Gasteiger partial charge in [0.15, 0.2) is 11.5 Å². The molecule has 1 amide bonds. The molecule has 1 saturated heterocycles. The van der Waals surface area contributed by atoms with Crippen LogP contribution in [0.25, 0.3) is 5.65 Å². The maximum atomic E-state index is 12.6. The van der Waals surface area contributed by atoms with E-state index in [0.717, 1.165) is 55.9 Å². The molecule has 2 fully saturated rings. The van der Waals surface area contributed by atoms with Crippen molar-refractivity contribution in [2.24, 2.45) is 5.92 Å². The Morgan fingerprint density at radius 2 is 1.73 bits per heavy atom. The van der Waals surface area contributed by atoms with Gasteiger partial charge in [0.25, 0.3) is 0 Å². The number of carbonyl (C=O) groups is 1. The Bertz CT molecular complexity index is 792. The fourth-order valence-electron chi connectivity index (χ4n) is 4.25. The van der Waals surface area contributed by atoms with E-state index in [4.69, 9.17) is 5.10 Å². The average molecular weight is 355 g/mol. The molecule has 0 radical (unpaired) electrons. The van der Waals surface area contributed by atoms with Crippen LogP contribution in [0.3, 0.4) is 0 Å². The molecule has 3 heterocycles. The monoisotopic (exact) mass is 355 g/mol. The molecular weight excluding hydrogens is 326 g/mol. The molecule has 0 bridgehead atoms. The number of aromatic nitrogens is 4. The SMILES string of the molecule is CC(C)(C)c1ccc2nnc(C3CCN(C(=O)C4CCCC4)CC3)n2n1. The van der Waals surface area contributed by atoms with E-state index in [0.29, 0.717) is 11.8 Å². The second-order valence-electron chi connectivity index (χ2n) is 8.88. The zero-order chi connectivity index (χ0) is 18.3. The first kappa shape index (κ1) is 17.4. The molecule has 140 valence electrons. The van der Waals surface area contributed by atoms with E-state index in [1.54, 1.807) is 0 Å². The van der Waals surface area contributed by atoms with Crippen LogP contribution in [0, 0.1) is 5.92 Å². The van der Waals surface area contributed by atoms with Crippen LogP contribution < -0.4 is 0 Å². The third-order valence-corrected chi connectivity index (χ3v) is 5.93. The van der Waals surface area contributed by atoms with Crippen molar-refractivity contribution in [1.82, 2.24) is 24.7 Å². The van der Waals surface area contributed by atoms with Crippen molar-refractivity contribution in [3.63, 3.8) is 0 Å². The Kier molecular flexibility index (Phi) is 4.45. The predicted octanol–water partition coefficient (Wildman–Crippen LogP) is 3.32. The molecule has 6 nitrogen and oxygen atoms in total. The summed E-state index contributed by atoms with van der Waals surface area (Å²) in [4.78, 5) is 14.7. The van der Waals surface area contributed by atoms with Crippen LogP contribution in [0.15, 0.2) is 12.1 Å². The standard InChI is InChI=1S/C20H29N5O/c1-20(2,3)16-8-9-17-21-22-18(25(17)23-16)14-10-12-24(13-11-14)19(26)15-6-4-5-7-15/h8-9,14-15H,4-7,10-13H2,1-3H3. The number of rotatable bonds is 2. The molecule has 26 heavy (non-hydrogen) atoms. The molecule has 0 N–H and O–H groups in total. The van der Waals surface area contributed by atoms with Crippen LogP contribution in [-0.2, 0) is 10.2 Å². The summed E-state index contributed by atoms with van der Waals surface area (Å²) in [7, 11) is 0. The van der Waals surface area contributed by atoms with Crippen LogP contribution >= 0.6 is 0 Å². The number of hydrogen-bond donors (Lipinski definition) is 0. The van der Waals surface area contributed by atoms with Crippen molar-refractivity contribution in [2.45, 2.75) is 70.6 Å². The van der Waals surface area contributed by atoms with Gasteiger partial charge >= 0.3 is 0 Å². The first-order valence-electron chi connectivity index (χ1n) is 9.95. The molecule has 2 aromatic heterocycles. The van der Waals surface area contributed by atoms with E-state index in [9.17, 15) is 4.79 Å². The van der Waals surface area contributed by atoms with E-state index in [1.807, 2.05) is 16.6 Å². The fourth-order valence-corrected chi connectivity index (χ4v) is 4.25. The molecule has 1 saturated carbocycles. The zero-order valence-corrected chi connectivity index (χ0v) is 16.1. The van der Waals surface area contributed by atoms with E-state index in [1.165, 1.54) is 12.8 Å². The predicted molar refractivity (Wildman–Crippen MR) is 100.0 cm³/mol. The second-order valence-corrected chi connectivity index (χ2v) is 8.88. The van der Waals surface area contributed by atoms with Crippen LogP contribution in [0.5, 0.6) is 0 Å². The summed E-state index contributed by atoms with van der Waals surface area (Å²) < 4.78 is 1.92. The van der Waals surface area contributed by atoms with Gasteiger partial charge in [-0.05, 0) is 37.8 Å². The van der Waals surface area contributed by atoms with Gasteiger partial charge < -0.3 is 4.90 Å². The van der Waals surface area contributed by atoms with Gasteiger partial charge in [-0.2, -0.15) is 9.61 Å². The summed E-state index contributed by atoms with van der Waals surface area (Å²) in [6.45, 7) is 8.15. The van der Waals surface area contributed by atoms with E-state index in [-0.39, 0.29) is 11.3 Å². The number of hydrogen-bond acceptors (Lipinski definition) is 4. The van der Waals surface area contributed by atoms with Crippen molar-refractivity contribution in [2.75, 3.05) is 13.1 Å². The highest BCUT2D eigenvalue weighted by Gasteiger charge is 2.32. The normalized spacial score (nSPS) is 20.2. The van der Waals surface area contributed by atoms with Crippen molar-refractivity contribution >= 4 is 11.6 Å². The first-order valence-corrected chi connectivity index (χ1v) is 9.95. The Balaban J connectivity index is 1.49. The minimum Gasteiger partial charge on any atom is -0.342 e. The van der Waals surface area contributed by atoms with Gasteiger partial charge in [-0.3, -0.25) is 4.79 Å². The number of fused-ring (bicyclic) bond motifs is 1. The van der Waals surface area contributed by atoms with Crippen LogP contribution in [0.4, 0.5) is 0 Å². The number of amides is 1. The summed E-state index contributed by atoms with van der Waals surface area (Å²) in [6, 6.07) is 4.04. The van der Waals surface area contributed by atoms with Crippen LogP contribution in [-0.4, -0.2) is 43.7 Å². The minimum absolute atomic E-state index is 0.00715. The maximum absolute atomic E-state index is 12.6.